The molecule has 1 fully saturated rings. The highest BCUT2D eigenvalue weighted by atomic mass is 16.4. The first-order valence-corrected chi connectivity index (χ1v) is 6.86. The van der Waals surface area contributed by atoms with Crippen LogP contribution in [0.25, 0.3) is 0 Å². The van der Waals surface area contributed by atoms with Crippen molar-refractivity contribution >= 4 is 11.7 Å². The summed E-state index contributed by atoms with van der Waals surface area (Å²) in [5, 5.41) is 22.4. The molecule has 0 amide bonds. The fourth-order valence-electron chi connectivity index (χ4n) is 2.61. The van der Waals surface area contributed by atoms with E-state index in [9.17, 15) is 9.90 Å². The molecule has 19 heavy (non-hydrogen) atoms. The average molecular weight is 263 g/mol. The van der Waals surface area contributed by atoms with Gasteiger partial charge in [-0.15, -0.1) is 0 Å². The molecule has 1 aromatic carbocycles. The van der Waals surface area contributed by atoms with Crippen LogP contribution in [0.5, 0.6) is 0 Å². The van der Waals surface area contributed by atoms with Crippen LogP contribution in [0.4, 0.5) is 5.69 Å². The van der Waals surface area contributed by atoms with Crippen LogP contribution in [-0.4, -0.2) is 28.3 Å². The number of benzene rings is 1. The van der Waals surface area contributed by atoms with Gasteiger partial charge in [-0.2, -0.15) is 0 Å². The fraction of sp³-hybridized carbons (Fsp3) is 0.533. The summed E-state index contributed by atoms with van der Waals surface area (Å²) in [5.74, 6) is -0.913. The molecule has 2 atom stereocenters. The number of carboxylic acid groups (broad SMARTS) is 1. The maximum Gasteiger partial charge on any atom is 0.335 e. The molecule has 0 radical (unpaired) electrons. The maximum absolute atomic E-state index is 10.9. The summed E-state index contributed by atoms with van der Waals surface area (Å²) in [4.78, 5) is 10.9. The minimum absolute atomic E-state index is 0.0666. The number of carbonyl (C=O) groups is 1. The lowest BCUT2D eigenvalue weighted by atomic mass is 10.0. The molecule has 4 heteroatoms. The van der Waals surface area contributed by atoms with Gasteiger partial charge in [-0.1, -0.05) is 19.3 Å². The number of aryl methyl sites for hydroxylation is 1. The summed E-state index contributed by atoms with van der Waals surface area (Å²) in [6, 6.07) is 5.11. The van der Waals surface area contributed by atoms with Crippen LogP contribution in [-0.2, 0) is 0 Å². The van der Waals surface area contributed by atoms with Crippen molar-refractivity contribution in [2.45, 2.75) is 51.2 Å². The molecule has 1 saturated carbocycles. The second kappa shape index (κ2) is 6.06. The lowest BCUT2D eigenvalue weighted by Gasteiger charge is -2.24. The predicted molar refractivity (Wildman–Crippen MR) is 74.6 cm³/mol. The van der Waals surface area contributed by atoms with Crippen LogP contribution in [0.15, 0.2) is 18.2 Å². The van der Waals surface area contributed by atoms with E-state index in [1.807, 2.05) is 6.92 Å². The third kappa shape index (κ3) is 3.47. The Hall–Kier alpha value is -1.55. The van der Waals surface area contributed by atoms with E-state index in [1.54, 1.807) is 18.2 Å². The van der Waals surface area contributed by atoms with Crippen molar-refractivity contribution in [1.29, 1.82) is 0 Å². The first-order valence-electron chi connectivity index (χ1n) is 6.86. The van der Waals surface area contributed by atoms with E-state index in [0.29, 0.717) is 5.56 Å². The summed E-state index contributed by atoms with van der Waals surface area (Å²) >= 11 is 0. The van der Waals surface area contributed by atoms with Crippen molar-refractivity contribution in [2.24, 2.45) is 0 Å². The summed E-state index contributed by atoms with van der Waals surface area (Å²) in [6.07, 6.45) is 4.86. The molecule has 1 aliphatic carbocycles. The molecule has 1 aliphatic rings. The van der Waals surface area contributed by atoms with Gasteiger partial charge in [-0.05, 0) is 43.5 Å². The van der Waals surface area contributed by atoms with Crippen molar-refractivity contribution in [2.75, 3.05) is 5.32 Å². The molecule has 0 aromatic heterocycles. The Morgan fingerprint density at radius 1 is 1.26 bits per heavy atom. The Balaban J connectivity index is 2.11. The Morgan fingerprint density at radius 2 is 2.00 bits per heavy atom. The lowest BCUT2D eigenvalue weighted by Crippen LogP contribution is -2.32. The number of hydrogen-bond donors (Lipinski definition) is 3. The van der Waals surface area contributed by atoms with Crippen LogP contribution in [0.2, 0.25) is 0 Å². The normalized spacial score (nSPS) is 23.7. The minimum atomic E-state index is -0.913. The third-order valence-corrected chi connectivity index (χ3v) is 3.79. The molecule has 4 nitrogen and oxygen atoms in total. The van der Waals surface area contributed by atoms with Crippen LogP contribution in [0, 0.1) is 6.92 Å². The standard InChI is InChI=1S/C15H21NO3/c1-10-9-11(15(18)19)7-8-12(10)16-13-5-3-2-4-6-14(13)17/h7-9,13-14,16-17H,2-6H2,1H3,(H,18,19). The molecule has 1 aromatic rings. The topological polar surface area (TPSA) is 69.6 Å². The van der Waals surface area contributed by atoms with Crippen molar-refractivity contribution in [3.8, 4) is 0 Å². The summed E-state index contributed by atoms with van der Waals surface area (Å²) in [7, 11) is 0. The molecular weight excluding hydrogens is 242 g/mol. The zero-order chi connectivity index (χ0) is 13.8. The molecule has 0 spiro atoms. The first kappa shape index (κ1) is 13.9. The van der Waals surface area contributed by atoms with E-state index in [1.165, 1.54) is 6.42 Å². The van der Waals surface area contributed by atoms with Crippen molar-refractivity contribution < 1.29 is 15.0 Å². The van der Waals surface area contributed by atoms with Crippen LogP contribution >= 0.6 is 0 Å². The number of anilines is 1. The number of carboxylic acids is 1. The Kier molecular flexibility index (Phi) is 4.43. The molecule has 2 rings (SSSR count). The Morgan fingerprint density at radius 3 is 2.68 bits per heavy atom. The molecule has 0 saturated heterocycles. The first-order chi connectivity index (χ1) is 9.08. The predicted octanol–water partition coefficient (Wildman–Crippen LogP) is 2.80. The van der Waals surface area contributed by atoms with Gasteiger partial charge in [-0.25, -0.2) is 4.79 Å². The number of hydrogen-bond acceptors (Lipinski definition) is 3. The van der Waals surface area contributed by atoms with Crippen LogP contribution in [0.1, 0.15) is 48.0 Å². The maximum atomic E-state index is 10.9. The van der Waals surface area contributed by atoms with Crippen molar-refractivity contribution in [3.05, 3.63) is 29.3 Å². The summed E-state index contributed by atoms with van der Waals surface area (Å²) in [5.41, 5.74) is 2.11. The number of aliphatic hydroxyl groups excluding tert-OH is 1. The molecule has 0 aliphatic heterocycles. The van der Waals surface area contributed by atoms with E-state index >= 15 is 0 Å². The highest BCUT2D eigenvalue weighted by Gasteiger charge is 2.21. The number of aromatic carboxylic acids is 1. The number of nitrogens with one attached hydrogen (secondary N) is 1. The molecule has 0 heterocycles. The van der Waals surface area contributed by atoms with E-state index in [0.717, 1.165) is 36.9 Å². The van der Waals surface area contributed by atoms with Gasteiger partial charge in [-0.3, -0.25) is 0 Å². The molecule has 0 bridgehead atoms. The van der Waals surface area contributed by atoms with Crippen LogP contribution < -0.4 is 5.32 Å². The van der Waals surface area contributed by atoms with Gasteiger partial charge in [0.2, 0.25) is 0 Å². The van der Waals surface area contributed by atoms with Gasteiger partial charge < -0.3 is 15.5 Å². The molecule has 104 valence electrons. The largest absolute Gasteiger partial charge is 0.478 e. The zero-order valence-electron chi connectivity index (χ0n) is 11.2. The van der Waals surface area contributed by atoms with Gasteiger partial charge >= 0.3 is 5.97 Å². The second-order valence-electron chi connectivity index (χ2n) is 5.29. The summed E-state index contributed by atoms with van der Waals surface area (Å²) in [6.45, 7) is 1.89. The van der Waals surface area contributed by atoms with Gasteiger partial charge in [0.25, 0.3) is 0 Å². The van der Waals surface area contributed by atoms with Crippen LogP contribution in [0.3, 0.4) is 0 Å². The number of aliphatic hydroxyl groups is 1. The molecule has 2 unspecified atom stereocenters. The monoisotopic (exact) mass is 263 g/mol. The quantitative estimate of drug-likeness (QED) is 0.733. The average Bonchev–Trinajstić information content (AvgIpc) is 2.57. The molecule has 3 N–H and O–H groups in total. The van der Waals surface area contributed by atoms with E-state index in [-0.39, 0.29) is 12.1 Å². The van der Waals surface area contributed by atoms with Crippen molar-refractivity contribution in [1.82, 2.24) is 0 Å². The SMILES string of the molecule is Cc1cc(C(=O)O)ccc1NC1CCCCCC1O. The van der Waals surface area contributed by atoms with Crippen molar-refractivity contribution in [3.63, 3.8) is 0 Å². The van der Waals surface area contributed by atoms with E-state index in [2.05, 4.69) is 5.32 Å². The van der Waals surface area contributed by atoms with Gasteiger partial charge in [0.05, 0.1) is 17.7 Å². The van der Waals surface area contributed by atoms with E-state index < -0.39 is 5.97 Å². The highest BCUT2D eigenvalue weighted by Crippen LogP contribution is 2.24. The second-order valence-corrected chi connectivity index (χ2v) is 5.29. The third-order valence-electron chi connectivity index (χ3n) is 3.79. The van der Waals surface area contributed by atoms with Gasteiger partial charge in [0, 0.05) is 5.69 Å². The summed E-state index contributed by atoms with van der Waals surface area (Å²) < 4.78 is 0. The Labute approximate surface area is 113 Å². The highest BCUT2D eigenvalue weighted by molar-refractivity contribution is 5.88. The number of rotatable bonds is 3. The van der Waals surface area contributed by atoms with E-state index in [4.69, 9.17) is 5.11 Å². The smallest absolute Gasteiger partial charge is 0.335 e. The fourth-order valence-corrected chi connectivity index (χ4v) is 2.61. The lowest BCUT2D eigenvalue weighted by molar-refractivity contribution is 0.0696. The minimum Gasteiger partial charge on any atom is -0.478 e. The Bertz CT molecular complexity index is 459. The van der Waals surface area contributed by atoms with Gasteiger partial charge in [0.15, 0.2) is 0 Å². The molecular formula is C15H21NO3. The zero-order valence-corrected chi connectivity index (χ0v) is 11.2. The van der Waals surface area contributed by atoms with Gasteiger partial charge in [0.1, 0.15) is 0 Å².